The molecule has 0 saturated carbocycles. The van der Waals surface area contributed by atoms with Crippen LogP contribution in [0.3, 0.4) is 0 Å². The van der Waals surface area contributed by atoms with E-state index in [1.54, 1.807) is 0 Å². The molecular formula is C18H21F14NO2. The van der Waals surface area contributed by atoms with E-state index in [9.17, 15) is 52.7 Å². The molecule has 2 rings (SSSR count). The Kier molecular flexibility index (Phi) is 8.31. The van der Waals surface area contributed by atoms with Crippen LogP contribution in [0.4, 0.5) is 61.5 Å². The molecule has 0 aromatic carbocycles. The molecule has 2 fully saturated rings. The van der Waals surface area contributed by atoms with Crippen LogP contribution in [0, 0.1) is 11.3 Å². The third-order valence-corrected chi connectivity index (χ3v) is 6.16. The van der Waals surface area contributed by atoms with E-state index in [4.69, 9.17) is 0 Å². The van der Waals surface area contributed by atoms with Gasteiger partial charge in [-0.1, -0.05) is 0 Å². The zero-order chi connectivity index (χ0) is 27.3. The van der Waals surface area contributed by atoms with E-state index < -0.39 is 106 Å². The predicted molar refractivity (Wildman–Crippen MR) is 89.7 cm³/mol. The van der Waals surface area contributed by atoms with Crippen LogP contribution in [-0.2, 0) is 9.47 Å². The summed E-state index contributed by atoms with van der Waals surface area (Å²) in [5.41, 5.74) is -3.19. The lowest BCUT2D eigenvalue weighted by molar-refractivity contribution is -0.293. The van der Waals surface area contributed by atoms with Gasteiger partial charge in [-0.2, -0.15) is 39.5 Å². The molecule has 3 nitrogen and oxygen atoms in total. The largest absolute Gasteiger partial charge is 0.425 e. The summed E-state index contributed by atoms with van der Waals surface area (Å²) in [5.74, 6) is -12.3. The second kappa shape index (κ2) is 9.65. The Labute approximate surface area is 189 Å². The first-order chi connectivity index (χ1) is 15.5. The standard InChI is InChI=1S/C18H21F14NO2/c1-13(15(22,23)11(19)17(27,28)29)7-34-6-10(35-8-13)14(20,21)12(18(30,31)32)33-4-2-9(3-5-33)16(24,25)26/h9-12H,2-8H2,1H3. The second-order valence-electron chi connectivity index (χ2n) is 8.87. The molecule has 0 aliphatic carbocycles. The lowest BCUT2D eigenvalue weighted by Crippen LogP contribution is -2.63. The number of likely N-dealkylation sites (tertiary alicyclic amines) is 1. The molecule has 2 aliphatic rings. The van der Waals surface area contributed by atoms with Crippen molar-refractivity contribution >= 4 is 0 Å². The third kappa shape index (κ3) is 6.25. The highest BCUT2D eigenvalue weighted by molar-refractivity contribution is 5.02. The van der Waals surface area contributed by atoms with E-state index in [2.05, 4.69) is 9.47 Å². The molecule has 0 aromatic heterocycles. The molecule has 2 saturated heterocycles. The topological polar surface area (TPSA) is 21.7 Å². The van der Waals surface area contributed by atoms with Gasteiger partial charge in [0.2, 0.25) is 0 Å². The summed E-state index contributed by atoms with van der Waals surface area (Å²) >= 11 is 0. The highest BCUT2D eigenvalue weighted by Crippen LogP contribution is 2.49. The maximum Gasteiger partial charge on any atom is 0.425 e. The van der Waals surface area contributed by atoms with Crippen molar-refractivity contribution in [2.75, 3.05) is 32.9 Å². The summed E-state index contributed by atoms with van der Waals surface area (Å²) < 4.78 is 198. The van der Waals surface area contributed by atoms with Crippen LogP contribution in [0.15, 0.2) is 0 Å². The Morgan fingerprint density at radius 3 is 1.74 bits per heavy atom. The Bertz CT molecular complexity index is 713. The van der Waals surface area contributed by atoms with E-state index >= 15 is 8.78 Å². The molecule has 0 radical (unpaired) electrons. The maximum atomic E-state index is 15.0. The normalized spacial score (nSPS) is 29.1. The fourth-order valence-electron chi connectivity index (χ4n) is 4.02. The van der Waals surface area contributed by atoms with E-state index in [0.717, 1.165) is 0 Å². The van der Waals surface area contributed by atoms with Gasteiger partial charge in [-0.3, -0.25) is 4.90 Å². The molecule has 0 aromatic rings. The third-order valence-electron chi connectivity index (χ3n) is 6.16. The van der Waals surface area contributed by atoms with Gasteiger partial charge in [-0.05, 0) is 32.9 Å². The summed E-state index contributed by atoms with van der Waals surface area (Å²) in [4.78, 5) is 0.0611. The van der Waals surface area contributed by atoms with Gasteiger partial charge in [0.25, 0.3) is 18.0 Å². The second-order valence-corrected chi connectivity index (χ2v) is 8.87. The lowest BCUT2D eigenvalue weighted by Gasteiger charge is -2.43. The van der Waals surface area contributed by atoms with Crippen molar-refractivity contribution in [3.05, 3.63) is 0 Å². The number of rotatable bonds is 5. The SMILES string of the molecule is CC1(C(F)(F)C(F)C(F)(F)F)COCC(C(F)(F)C(N2CCC(C(F)(F)F)CC2)C(F)(F)F)OC1. The van der Waals surface area contributed by atoms with Crippen molar-refractivity contribution in [3.63, 3.8) is 0 Å². The summed E-state index contributed by atoms with van der Waals surface area (Å²) in [5, 5.41) is 0. The first-order valence-corrected chi connectivity index (χ1v) is 10.1. The fraction of sp³-hybridized carbons (Fsp3) is 1.00. The first kappa shape index (κ1) is 30.1. The first-order valence-electron chi connectivity index (χ1n) is 10.1. The molecule has 0 spiro atoms. The van der Waals surface area contributed by atoms with Crippen LogP contribution in [0.25, 0.3) is 0 Å². The van der Waals surface area contributed by atoms with E-state index in [-0.39, 0.29) is 4.90 Å². The summed E-state index contributed by atoms with van der Waals surface area (Å²) in [6.45, 7) is -6.39. The zero-order valence-electron chi connectivity index (χ0n) is 17.8. The molecule has 4 unspecified atom stereocenters. The van der Waals surface area contributed by atoms with Crippen molar-refractivity contribution in [2.24, 2.45) is 11.3 Å². The molecule has 0 N–H and O–H groups in total. The monoisotopic (exact) mass is 549 g/mol. The molecule has 4 atom stereocenters. The van der Waals surface area contributed by atoms with Crippen molar-refractivity contribution in [2.45, 2.75) is 68.5 Å². The molecule has 208 valence electrons. The summed E-state index contributed by atoms with van der Waals surface area (Å²) in [6.07, 6.45) is -26.0. The fourth-order valence-corrected chi connectivity index (χ4v) is 4.02. The number of nitrogens with zero attached hydrogens (tertiary/aromatic N) is 1. The Morgan fingerprint density at radius 1 is 0.800 bits per heavy atom. The van der Waals surface area contributed by atoms with Gasteiger partial charge in [0.05, 0.1) is 31.2 Å². The van der Waals surface area contributed by atoms with Crippen molar-refractivity contribution in [1.29, 1.82) is 0 Å². The van der Waals surface area contributed by atoms with Gasteiger partial charge >= 0.3 is 18.5 Å². The minimum absolute atomic E-state index is 0.0611. The van der Waals surface area contributed by atoms with Gasteiger partial charge in [-0.15, -0.1) is 0 Å². The van der Waals surface area contributed by atoms with E-state index in [1.165, 1.54) is 0 Å². The summed E-state index contributed by atoms with van der Waals surface area (Å²) in [7, 11) is 0. The maximum absolute atomic E-state index is 15.0. The average Bonchev–Trinajstić information content (AvgIpc) is 2.88. The van der Waals surface area contributed by atoms with Crippen LogP contribution in [0.5, 0.6) is 0 Å². The van der Waals surface area contributed by atoms with Crippen LogP contribution in [0.1, 0.15) is 19.8 Å². The number of ether oxygens (including phenoxy) is 2. The van der Waals surface area contributed by atoms with Crippen LogP contribution >= 0.6 is 0 Å². The van der Waals surface area contributed by atoms with Gasteiger partial charge in [0.15, 0.2) is 6.04 Å². The van der Waals surface area contributed by atoms with Gasteiger partial charge in [-0.25, -0.2) is 22.0 Å². The Hall–Kier alpha value is -1.10. The molecule has 0 bridgehead atoms. The van der Waals surface area contributed by atoms with Crippen molar-refractivity contribution in [3.8, 4) is 0 Å². The zero-order valence-corrected chi connectivity index (χ0v) is 17.8. The summed E-state index contributed by atoms with van der Waals surface area (Å²) in [6, 6.07) is -3.70. The van der Waals surface area contributed by atoms with Crippen LogP contribution in [0.2, 0.25) is 0 Å². The van der Waals surface area contributed by atoms with E-state index in [0.29, 0.717) is 6.92 Å². The Balaban J connectivity index is 2.25. The molecule has 0 amide bonds. The number of hydrogen-bond donors (Lipinski definition) is 0. The van der Waals surface area contributed by atoms with Crippen molar-refractivity contribution in [1.82, 2.24) is 4.90 Å². The number of hydrogen-bond acceptors (Lipinski definition) is 3. The van der Waals surface area contributed by atoms with Crippen molar-refractivity contribution < 1.29 is 70.9 Å². The average molecular weight is 549 g/mol. The highest BCUT2D eigenvalue weighted by Gasteiger charge is 2.68. The minimum atomic E-state index is -6.05. The highest BCUT2D eigenvalue weighted by atomic mass is 19.4. The van der Waals surface area contributed by atoms with Gasteiger partial charge in [0, 0.05) is 0 Å². The van der Waals surface area contributed by atoms with Gasteiger partial charge < -0.3 is 9.47 Å². The number of piperidine rings is 1. The van der Waals surface area contributed by atoms with E-state index in [1.807, 2.05) is 0 Å². The lowest BCUT2D eigenvalue weighted by atomic mass is 9.82. The molecular weight excluding hydrogens is 528 g/mol. The van der Waals surface area contributed by atoms with Crippen LogP contribution < -0.4 is 0 Å². The quantitative estimate of drug-likeness (QED) is 0.406. The molecule has 17 heteroatoms. The molecule has 2 aliphatic heterocycles. The van der Waals surface area contributed by atoms with Gasteiger partial charge in [0.1, 0.15) is 6.10 Å². The smallest absolute Gasteiger partial charge is 0.378 e. The molecule has 35 heavy (non-hydrogen) atoms. The number of alkyl halides is 14. The Morgan fingerprint density at radius 2 is 1.31 bits per heavy atom. The molecule has 2 heterocycles. The predicted octanol–water partition coefficient (Wildman–Crippen LogP) is 5.78. The minimum Gasteiger partial charge on any atom is -0.378 e. The van der Waals surface area contributed by atoms with Crippen LogP contribution in [-0.4, -0.2) is 86.5 Å². The number of halogens is 14.